The SMILES string of the molecule is CC(C)Nc1oc(-c2ccccc2F)nc1C#N. The molecule has 1 aromatic heterocycles. The first kappa shape index (κ1) is 12.1. The Balaban J connectivity index is 2.45. The van der Waals surface area contributed by atoms with E-state index < -0.39 is 5.82 Å². The van der Waals surface area contributed by atoms with E-state index in [9.17, 15) is 4.39 Å². The highest BCUT2D eigenvalue weighted by molar-refractivity contribution is 5.59. The second-order valence-corrected chi connectivity index (χ2v) is 4.09. The van der Waals surface area contributed by atoms with Crippen molar-refractivity contribution in [2.45, 2.75) is 19.9 Å². The van der Waals surface area contributed by atoms with Crippen molar-refractivity contribution in [3.63, 3.8) is 0 Å². The van der Waals surface area contributed by atoms with E-state index in [1.54, 1.807) is 18.2 Å². The lowest BCUT2D eigenvalue weighted by molar-refractivity contribution is 0.566. The number of aromatic nitrogens is 1. The van der Waals surface area contributed by atoms with Gasteiger partial charge in [-0.1, -0.05) is 12.1 Å². The van der Waals surface area contributed by atoms with Crippen LogP contribution in [0, 0.1) is 17.1 Å². The van der Waals surface area contributed by atoms with Crippen LogP contribution in [0.3, 0.4) is 0 Å². The molecule has 18 heavy (non-hydrogen) atoms. The largest absolute Gasteiger partial charge is 0.419 e. The molecule has 1 heterocycles. The molecule has 0 saturated carbocycles. The number of oxazole rings is 1. The fraction of sp³-hybridized carbons (Fsp3) is 0.231. The van der Waals surface area contributed by atoms with Gasteiger partial charge in [-0.25, -0.2) is 4.39 Å². The summed E-state index contributed by atoms with van der Waals surface area (Å²) in [5, 5.41) is 11.9. The molecule has 0 unspecified atom stereocenters. The third-order valence-corrected chi connectivity index (χ3v) is 2.26. The minimum Gasteiger partial charge on any atom is -0.419 e. The van der Waals surface area contributed by atoms with Crippen molar-refractivity contribution in [2.24, 2.45) is 0 Å². The summed E-state index contributed by atoms with van der Waals surface area (Å²) >= 11 is 0. The van der Waals surface area contributed by atoms with Crippen molar-refractivity contribution < 1.29 is 8.81 Å². The number of halogens is 1. The molecule has 0 bridgehead atoms. The molecule has 0 saturated heterocycles. The van der Waals surface area contributed by atoms with E-state index in [-0.39, 0.29) is 29.1 Å². The Morgan fingerprint density at radius 1 is 1.39 bits per heavy atom. The lowest BCUT2D eigenvalue weighted by atomic mass is 10.2. The molecule has 1 N–H and O–H groups in total. The second-order valence-electron chi connectivity index (χ2n) is 4.09. The minimum atomic E-state index is -0.431. The van der Waals surface area contributed by atoms with Crippen molar-refractivity contribution in [1.29, 1.82) is 5.26 Å². The predicted octanol–water partition coefficient (Wildman–Crippen LogP) is 3.17. The molecule has 0 spiro atoms. The predicted molar refractivity (Wildman–Crippen MR) is 65.4 cm³/mol. The molecule has 0 aliphatic rings. The Morgan fingerprint density at radius 2 is 2.11 bits per heavy atom. The molecule has 4 nitrogen and oxygen atoms in total. The minimum absolute atomic E-state index is 0.0959. The Kier molecular flexibility index (Phi) is 3.28. The maximum absolute atomic E-state index is 13.6. The molecule has 5 heteroatoms. The Morgan fingerprint density at radius 3 is 2.72 bits per heavy atom. The van der Waals surface area contributed by atoms with Crippen LogP contribution in [0.4, 0.5) is 10.3 Å². The van der Waals surface area contributed by atoms with Crippen molar-refractivity contribution >= 4 is 5.88 Å². The number of nitrogens with zero attached hydrogens (tertiary/aromatic N) is 2. The van der Waals surface area contributed by atoms with Crippen LogP contribution < -0.4 is 5.32 Å². The van der Waals surface area contributed by atoms with Crippen LogP contribution in [0.1, 0.15) is 19.5 Å². The third kappa shape index (κ3) is 2.33. The summed E-state index contributed by atoms with van der Waals surface area (Å²) in [6.45, 7) is 3.82. The van der Waals surface area contributed by atoms with E-state index in [1.807, 2.05) is 19.9 Å². The molecule has 0 aliphatic heterocycles. The molecular weight excluding hydrogens is 233 g/mol. The van der Waals surface area contributed by atoms with Gasteiger partial charge in [-0.15, -0.1) is 0 Å². The summed E-state index contributed by atoms with van der Waals surface area (Å²) in [6, 6.07) is 8.16. The molecule has 2 rings (SSSR count). The number of hydrogen-bond acceptors (Lipinski definition) is 4. The quantitative estimate of drug-likeness (QED) is 0.902. The lowest BCUT2D eigenvalue weighted by Crippen LogP contribution is -2.09. The zero-order valence-corrected chi connectivity index (χ0v) is 10.1. The average Bonchev–Trinajstić information content (AvgIpc) is 2.71. The highest BCUT2D eigenvalue weighted by Gasteiger charge is 2.17. The zero-order valence-electron chi connectivity index (χ0n) is 10.1. The van der Waals surface area contributed by atoms with Gasteiger partial charge in [0.1, 0.15) is 11.9 Å². The summed E-state index contributed by atoms with van der Waals surface area (Å²) in [5.74, 6) is -0.0575. The van der Waals surface area contributed by atoms with Crippen LogP contribution in [0.25, 0.3) is 11.5 Å². The summed E-state index contributed by atoms with van der Waals surface area (Å²) < 4.78 is 19.0. The Hall–Kier alpha value is -2.35. The van der Waals surface area contributed by atoms with Crippen LogP contribution >= 0.6 is 0 Å². The molecule has 0 aliphatic carbocycles. The molecule has 92 valence electrons. The van der Waals surface area contributed by atoms with Crippen LogP contribution in [-0.2, 0) is 0 Å². The van der Waals surface area contributed by atoms with E-state index >= 15 is 0 Å². The molecule has 0 fully saturated rings. The van der Waals surface area contributed by atoms with Crippen molar-refractivity contribution in [1.82, 2.24) is 4.98 Å². The van der Waals surface area contributed by atoms with Gasteiger partial charge >= 0.3 is 0 Å². The number of nitriles is 1. The summed E-state index contributed by atoms with van der Waals surface area (Å²) in [6.07, 6.45) is 0. The van der Waals surface area contributed by atoms with Crippen molar-refractivity contribution in [3.8, 4) is 17.5 Å². The van der Waals surface area contributed by atoms with Gasteiger partial charge < -0.3 is 9.73 Å². The molecule has 1 aromatic carbocycles. The number of rotatable bonds is 3. The van der Waals surface area contributed by atoms with Gasteiger partial charge in [-0.05, 0) is 26.0 Å². The van der Waals surface area contributed by atoms with E-state index in [1.165, 1.54) is 6.07 Å². The number of hydrogen-bond donors (Lipinski definition) is 1. The van der Waals surface area contributed by atoms with Crippen LogP contribution in [0.5, 0.6) is 0 Å². The standard InChI is InChI=1S/C13H12FN3O/c1-8(2)16-13-11(7-15)17-12(18-13)9-5-3-4-6-10(9)14/h3-6,8,16H,1-2H3. The van der Waals surface area contributed by atoms with E-state index in [4.69, 9.17) is 9.68 Å². The average molecular weight is 245 g/mol. The van der Waals surface area contributed by atoms with Crippen LogP contribution in [0.2, 0.25) is 0 Å². The molecule has 0 amide bonds. The second kappa shape index (κ2) is 4.88. The summed E-state index contributed by atoms with van der Waals surface area (Å²) in [4.78, 5) is 3.98. The molecule has 0 radical (unpaired) electrons. The summed E-state index contributed by atoms with van der Waals surface area (Å²) in [5.41, 5.74) is 0.368. The fourth-order valence-electron chi connectivity index (χ4n) is 1.51. The smallest absolute Gasteiger partial charge is 0.233 e. The molecule has 0 atom stereocenters. The maximum Gasteiger partial charge on any atom is 0.233 e. The highest BCUT2D eigenvalue weighted by Crippen LogP contribution is 2.27. The molecule has 2 aromatic rings. The van der Waals surface area contributed by atoms with Crippen LogP contribution in [0.15, 0.2) is 28.7 Å². The summed E-state index contributed by atoms with van der Waals surface area (Å²) in [7, 11) is 0. The lowest BCUT2D eigenvalue weighted by Gasteiger charge is -2.05. The van der Waals surface area contributed by atoms with Gasteiger partial charge in [-0.3, -0.25) is 0 Å². The van der Waals surface area contributed by atoms with Gasteiger partial charge in [0.2, 0.25) is 17.5 Å². The van der Waals surface area contributed by atoms with E-state index in [2.05, 4.69) is 10.3 Å². The number of anilines is 1. The first-order chi connectivity index (χ1) is 8.61. The number of nitrogens with one attached hydrogen (secondary N) is 1. The van der Waals surface area contributed by atoms with Gasteiger partial charge in [0.05, 0.1) is 5.56 Å². The zero-order chi connectivity index (χ0) is 13.1. The monoisotopic (exact) mass is 245 g/mol. The van der Waals surface area contributed by atoms with Crippen molar-refractivity contribution in [2.75, 3.05) is 5.32 Å². The van der Waals surface area contributed by atoms with E-state index in [0.29, 0.717) is 0 Å². The van der Waals surface area contributed by atoms with Crippen molar-refractivity contribution in [3.05, 3.63) is 35.8 Å². The van der Waals surface area contributed by atoms with E-state index in [0.717, 1.165) is 0 Å². The Labute approximate surface area is 104 Å². The highest BCUT2D eigenvalue weighted by atomic mass is 19.1. The first-order valence-electron chi connectivity index (χ1n) is 5.54. The maximum atomic E-state index is 13.6. The topological polar surface area (TPSA) is 61.9 Å². The van der Waals surface area contributed by atoms with Gasteiger partial charge in [-0.2, -0.15) is 10.2 Å². The normalized spacial score (nSPS) is 10.4. The molecular formula is C13H12FN3O. The van der Waals surface area contributed by atoms with Crippen LogP contribution in [-0.4, -0.2) is 11.0 Å². The number of benzene rings is 1. The third-order valence-electron chi connectivity index (χ3n) is 2.26. The van der Waals surface area contributed by atoms with Gasteiger partial charge in [0, 0.05) is 6.04 Å². The van der Waals surface area contributed by atoms with Gasteiger partial charge in [0.25, 0.3) is 0 Å². The Bertz CT molecular complexity index is 599. The van der Waals surface area contributed by atoms with Gasteiger partial charge in [0.15, 0.2) is 0 Å². The first-order valence-corrected chi connectivity index (χ1v) is 5.54. The fourth-order valence-corrected chi connectivity index (χ4v) is 1.51.